The number of anilines is 1. The van der Waals surface area contributed by atoms with Crippen LogP contribution in [0.3, 0.4) is 0 Å². The number of halogens is 1. The minimum absolute atomic E-state index is 0.445. The molecule has 2 nitrogen and oxygen atoms in total. The topological polar surface area (TPSA) is 38.0 Å². The van der Waals surface area contributed by atoms with Crippen LogP contribution in [0.4, 0.5) is 5.69 Å². The molecule has 0 unspecified atom stereocenters. The summed E-state index contributed by atoms with van der Waals surface area (Å²) < 4.78 is 1.14. The van der Waals surface area contributed by atoms with Crippen molar-refractivity contribution in [3.05, 3.63) is 28.2 Å². The van der Waals surface area contributed by atoms with E-state index in [1.807, 2.05) is 0 Å². The van der Waals surface area contributed by atoms with Crippen LogP contribution in [-0.2, 0) is 0 Å². The number of hydrogen-bond acceptors (Lipinski definition) is 2. The van der Waals surface area contributed by atoms with Crippen LogP contribution in [0.15, 0.2) is 22.7 Å². The molecule has 0 saturated heterocycles. The van der Waals surface area contributed by atoms with Crippen LogP contribution in [0.2, 0.25) is 0 Å². The Bertz CT molecular complexity index is 370. The van der Waals surface area contributed by atoms with Gasteiger partial charge in [0.2, 0.25) is 0 Å². The van der Waals surface area contributed by atoms with E-state index in [0.717, 1.165) is 16.9 Å². The van der Waals surface area contributed by atoms with E-state index in [-0.39, 0.29) is 0 Å². The van der Waals surface area contributed by atoms with Gasteiger partial charge in [0, 0.05) is 22.7 Å². The van der Waals surface area contributed by atoms with Gasteiger partial charge in [-0.1, -0.05) is 15.9 Å². The first-order valence-corrected chi connectivity index (χ1v) is 7.20. The summed E-state index contributed by atoms with van der Waals surface area (Å²) in [5.74, 6) is 0.790. The molecule has 0 amide bonds. The van der Waals surface area contributed by atoms with Crippen LogP contribution >= 0.6 is 15.9 Å². The Morgan fingerprint density at radius 3 is 2.65 bits per heavy atom. The fraction of sp³-hybridized carbons (Fsp3) is 0.571. The van der Waals surface area contributed by atoms with Crippen molar-refractivity contribution in [1.29, 1.82) is 0 Å². The summed E-state index contributed by atoms with van der Waals surface area (Å²) in [6, 6.07) is 6.83. The van der Waals surface area contributed by atoms with E-state index in [1.165, 1.54) is 36.9 Å². The molecule has 17 heavy (non-hydrogen) atoms. The molecule has 1 aliphatic carbocycles. The summed E-state index contributed by atoms with van der Waals surface area (Å²) in [4.78, 5) is 0. The third kappa shape index (κ3) is 3.71. The average Bonchev–Trinajstić information content (AvgIpc) is 2.30. The Hall–Kier alpha value is -0.540. The van der Waals surface area contributed by atoms with E-state index in [9.17, 15) is 0 Å². The number of rotatable bonds is 3. The van der Waals surface area contributed by atoms with Gasteiger partial charge in [0.05, 0.1) is 0 Å². The Morgan fingerprint density at radius 2 is 2.00 bits per heavy atom. The standard InChI is InChI=1S/C14H21BrN2/c1-10-8-12(15)4-7-14(10)17-9-11-2-5-13(16)6-3-11/h4,7-8,11,13,17H,2-3,5-6,9,16H2,1H3. The van der Waals surface area contributed by atoms with Crippen molar-refractivity contribution in [3.8, 4) is 0 Å². The molecule has 2 rings (SSSR count). The molecule has 3 heteroatoms. The van der Waals surface area contributed by atoms with Crippen molar-refractivity contribution in [1.82, 2.24) is 0 Å². The molecule has 0 heterocycles. The van der Waals surface area contributed by atoms with Crippen molar-refractivity contribution in [3.63, 3.8) is 0 Å². The highest BCUT2D eigenvalue weighted by atomic mass is 79.9. The third-order valence-corrected chi connectivity index (χ3v) is 4.15. The van der Waals surface area contributed by atoms with Crippen molar-refractivity contribution >= 4 is 21.6 Å². The zero-order valence-electron chi connectivity index (χ0n) is 10.4. The quantitative estimate of drug-likeness (QED) is 0.893. The maximum Gasteiger partial charge on any atom is 0.0370 e. The van der Waals surface area contributed by atoms with Crippen molar-refractivity contribution in [2.45, 2.75) is 38.6 Å². The summed E-state index contributed by atoms with van der Waals surface area (Å²) in [6.45, 7) is 3.22. The molecule has 1 saturated carbocycles. The summed E-state index contributed by atoms with van der Waals surface area (Å²) in [5, 5.41) is 3.56. The zero-order chi connectivity index (χ0) is 12.3. The third-order valence-electron chi connectivity index (χ3n) is 3.66. The summed E-state index contributed by atoms with van der Waals surface area (Å²) in [5.41, 5.74) is 8.47. The molecule has 0 aliphatic heterocycles. The van der Waals surface area contributed by atoms with Crippen LogP contribution in [-0.4, -0.2) is 12.6 Å². The number of aryl methyl sites for hydroxylation is 1. The fourth-order valence-corrected chi connectivity index (χ4v) is 2.95. The molecular weight excluding hydrogens is 276 g/mol. The second-order valence-corrected chi connectivity index (χ2v) is 6.04. The molecule has 1 aliphatic rings. The van der Waals surface area contributed by atoms with Gasteiger partial charge in [0.25, 0.3) is 0 Å². The molecule has 0 aromatic heterocycles. The van der Waals surface area contributed by atoms with Gasteiger partial charge in [0.15, 0.2) is 0 Å². The van der Waals surface area contributed by atoms with E-state index in [4.69, 9.17) is 5.73 Å². The Morgan fingerprint density at radius 1 is 1.29 bits per heavy atom. The van der Waals surface area contributed by atoms with Gasteiger partial charge in [-0.15, -0.1) is 0 Å². The maximum atomic E-state index is 5.92. The molecular formula is C14H21BrN2. The number of nitrogens with two attached hydrogens (primary N) is 1. The molecule has 0 spiro atoms. The number of nitrogens with one attached hydrogen (secondary N) is 1. The normalized spacial score (nSPS) is 24.6. The minimum Gasteiger partial charge on any atom is -0.385 e. The molecule has 1 aromatic rings. The van der Waals surface area contributed by atoms with Crippen LogP contribution in [0.1, 0.15) is 31.2 Å². The fourth-order valence-electron chi connectivity index (χ4n) is 2.47. The molecule has 0 atom stereocenters. The van der Waals surface area contributed by atoms with E-state index in [1.54, 1.807) is 0 Å². The maximum absolute atomic E-state index is 5.92. The zero-order valence-corrected chi connectivity index (χ0v) is 12.0. The number of benzene rings is 1. The molecule has 0 bridgehead atoms. The van der Waals surface area contributed by atoms with Gasteiger partial charge in [-0.3, -0.25) is 0 Å². The average molecular weight is 297 g/mol. The van der Waals surface area contributed by atoms with E-state index in [0.29, 0.717) is 6.04 Å². The first kappa shape index (κ1) is 12.9. The Kier molecular flexibility index (Phi) is 4.46. The first-order valence-electron chi connectivity index (χ1n) is 6.41. The van der Waals surface area contributed by atoms with Crippen LogP contribution in [0.5, 0.6) is 0 Å². The second-order valence-electron chi connectivity index (χ2n) is 5.12. The predicted molar refractivity (Wildman–Crippen MR) is 77.3 cm³/mol. The van der Waals surface area contributed by atoms with Crippen LogP contribution < -0.4 is 11.1 Å². The second kappa shape index (κ2) is 5.87. The largest absolute Gasteiger partial charge is 0.385 e. The smallest absolute Gasteiger partial charge is 0.0370 e. The minimum atomic E-state index is 0.445. The highest BCUT2D eigenvalue weighted by Gasteiger charge is 2.18. The van der Waals surface area contributed by atoms with Crippen LogP contribution in [0, 0.1) is 12.8 Å². The van der Waals surface area contributed by atoms with E-state index in [2.05, 4.69) is 46.4 Å². The van der Waals surface area contributed by atoms with Crippen molar-refractivity contribution in [2.24, 2.45) is 11.7 Å². The van der Waals surface area contributed by atoms with E-state index >= 15 is 0 Å². The van der Waals surface area contributed by atoms with Gasteiger partial charge < -0.3 is 11.1 Å². The van der Waals surface area contributed by atoms with E-state index < -0.39 is 0 Å². The van der Waals surface area contributed by atoms with Crippen LogP contribution in [0.25, 0.3) is 0 Å². The lowest BCUT2D eigenvalue weighted by atomic mass is 9.86. The lowest BCUT2D eigenvalue weighted by Gasteiger charge is -2.26. The van der Waals surface area contributed by atoms with Gasteiger partial charge in [-0.25, -0.2) is 0 Å². The lowest BCUT2D eigenvalue weighted by molar-refractivity contribution is 0.339. The van der Waals surface area contributed by atoms with Gasteiger partial charge in [-0.2, -0.15) is 0 Å². The Labute approximate surface area is 112 Å². The summed E-state index contributed by atoms with van der Waals surface area (Å²) in [6.07, 6.45) is 4.91. The van der Waals surface area contributed by atoms with Gasteiger partial charge in [-0.05, 0) is 62.3 Å². The molecule has 94 valence electrons. The molecule has 1 aromatic carbocycles. The van der Waals surface area contributed by atoms with Crippen molar-refractivity contribution < 1.29 is 0 Å². The predicted octanol–water partition coefficient (Wildman–Crippen LogP) is 3.69. The number of hydrogen-bond donors (Lipinski definition) is 2. The molecule has 3 N–H and O–H groups in total. The monoisotopic (exact) mass is 296 g/mol. The molecule has 0 radical (unpaired) electrons. The van der Waals surface area contributed by atoms with Gasteiger partial charge in [0.1, 0.15) is 0 Å². The highest BCUT2D eigenvalue weighted by Crippen LogP contribution is 2.25. The molecule has 1 fully saturated rings. The van der Waals surface area contributed by atoms with Gasteiger partial charge >= 0.3 is 0 Å². The Balaban J connectivity index is 1.85. The SMILES string of the molecule is Cc1cc(Br)ccc1NCC1CCC(N)CC1. The van der Waals surface area contributed by atoms with Crippen molar-refractivity contribution in [2.75, 3.05) is 11.9 Å². The first-order chi connectivity index (χ1) is 8.15. The summed E-state index contributed by atoms with van der Waals surface area (Å²) in [7, 11) is 0. The summed E-state index contributed by atoms with van der Waals surface area (Å²) >= 11 is 3.49. The lowest BCUT2D eigenvalue weighted by Crippen LogP contribution is -2.29. The highest BCUT2D eigenvalue weighted by molar-refractivity contribution is 9.10.